The second-order valence-corrected chi connectivity index (χ2v) is 4.78. The summed E-state index contributed by atoms with van der Waals surface area (Å²) < 4.78 is 29.8. The van der Waals surface area contributed by atoms with E-state index in [1.54, 1.807) is 12.1 Å². The van der Waals surface area contributed by atoms with Crippen molar-refractivity contribution in [2.45, 2.75) is 6.92 Å². The average molecular weight is 273 g/mol. The third-order valence-corrected chi connectivity index (χ3v) is 3.05. The molecule has 18 heavy (non-hydrogen) atoms. The van der Waals surface area contributed by atoms with Gasteiger partial charge in [0.1, 0.15) is 0 Å². The molecule has 1 aromatic rings. The predicted molar refractivity (Wildman–Crippen MR) is 66.2 cm³/mol. The molecular formula is C10H15N3O4S. The van der Waals surface area contributed by atoms with E-state index >= 15 is 0 Å². The number of nitrogens with zero attached hydrogens (tertiary/aromatic N) is 3. The molecule has 1 aromatic carbocycles. The van der Waals surface area contributed by atoms with Gasteiger partial charge >= 0.3 is 10.3 Å². The number of likely N-dealkylation sites (N-methyl/N-ethyl adjacent to an activating group) is 1. The van der Waals surface area contributed by atoms with Crippen molar-refractivity contribution < 1.29 is 22.2 Å². The molecule has 0 radical (unpaired) electrons. The van der Waals surface area contributed by atoms with Crippen LogP contribution in [0.15, 0.2) is 24.3 Å². The fourth-order valence-corrected chi connectivity index (χ4v) is 1.90. The zero-order chi connectivity index (χ0) is 13.8. The fourth-order valence-electron chi connectivity index (χ4n) is 1.51. The number of anilines is 1. The maximum absolute atomic E-state index is 10.7. The summed E-state index contributed by atoms with van der Waals surface area (Å²) in [7, 11) is -4.67. The standard InChI is InChI=1S/C10H15N3O4S/c1-2-12(7-8-14)9-3-5-10(6-4-9)13(11)18(15,16)17/h3-6,14H,2,7-8H2,1H3,(H,15,16,17). The first-order chi connectivity index (χ1) is 8.40. The molecule has 7 nitrogen and oxygen atoms in total. The summed E-state index contributed by atoms with van der Waals surface area (Å²) in [6.07, 6.45) is 0. The molecule has 0 saturated carbocycles. The van der Waals surface area contributed by atoms with E-state index in [-0.39, 0.29) is 16.4 Å². The quantitative estimate of drug-likeness (QED) is 0.456. The van der Waals surface area contributed by atoms with Gasteiger partial charge in [-0.05, 0) is 19.1 Å². The summed E-state index contributed by atoms with van der Waals surface area (Å²) in [4.78, 5) is 1.87. The Morgan fingerprint density at radius 3 is 2.28 bits per heavy atom. The first-order valence-corrected chi connectivity index (χ1v) is 6.72. The van der Waals surface area contributed by atoms with Crippen LogP contribution < -0.4 is 4.90 Å². The third kappa shape index (κ3) is 3.49. The van der Waals surface area contributed by atoms with Gasteiger partial charge in [0.15, 0.2) is 0 Å². The van der Waals surface area contributed by atoms with Crippen LogP contribution in [0.3, 0.4) is 0 Å². The number of benzene rings is 1. The van der Waals surface area contributed by atoms with Gasteiger partial charge in [0.25, 0.3) is 0 Å². The smallest absolute Gasteiger partial charge is 0.478 e. The average Bonchev–Trinajstić information content (AvgIpc) is 2.34. The van der Waals surface area contributed by atoms with Crippen LogP contribution in [0, 0.1) is 0 Å². The molecule has 0 spiro atoms. The van der Waals surface area contributed by atoms with E-state index in [1.165, 1.54) is 12.1 Å². The van der Waals surface area contributed by atoms with Gasteiger partial charge in [0.2, 0.25) is 5.69 Å². The lowest BCUT2D eigenvalue weighted by atomic mass is 10.2. The van der Waals surface area contributed by atoms with Gasteiger partial charge in [0.05, 0.1) is 6.61 Å². The van der Waals surface area contributed by atoms with Crippen LogP contribution in [0.25, 0.3) is 5.53 Å². The molecule has 0 aliphatic carbocycles. The Kier molecular flexibility index (Phi) is 4.76. The minimum Gasteiger partial charge on any atom is -0.478 e. The first kappa shape index (κ1) is 14.6. The fraction of sp³-hybridized carbons (Fsp3) is 0.400. The predicted octanol–water partition coefficient (Wildman–Crippen LogP) is 0.974. The Morgan fingerprint density at radius 1 is 1.33 bits per heavy atom. The maximum atomic E-state index is 10.7. The van der Waals surface area contributed by atoms with Gasteiger partial charge in [-0.1, -0.05) is 0 Å². The number of aliphatic hydroxyl groups excluding tert-OH is 1. The lowest BCUT2D eigenvalue weighted by Crippen LogP contribution is -2.26. The maximum Gasteiger partial charge on any atom is 0.501 e. The molecule has 0 amide bonds. The van der Waals surface area contributed by atoms with Gasteiger partial charge in [-0.25, -0.2) is 4.55 Å². The van der Waals surface area contributed by atoms with E-state index in [2.05, 4.69) is 0 Å². The Balaban J connectivity index is 2.96. The lowest BCUT2D eigenvalue weighted by Gasteiger charge is -2.21. The molecule has 0 fully saturated rings. The molecule has 0 aromatic heterocycles. The van der Waals surface area contributed by atoms with E-state index in [1.807, 2.05) is 11.8 Å². The van der Waals surface area contributed by atoms with Crippen molar-refractivity contribution >= 4 is 21.7 Å². The molecule has 0 atom stereocenters. The van der Waals surface area contributed by atoms with E-state index < -0.39 is 10.3 Å². The van der Waals surface area contributed by atoms with Crippen LogP contribution >= 0.6 is 0 Å². The first-order valence-electron chi connectivity index (χ1n) is 5.32. The largest absolute Gasteiger partial charge is 0.501 e. The van der Waals surface area contributed by atoms with E-state index in [0.717, 1.165) is 5.69 Å². The highest BCUT2D eigenvalue weighted by atomic mass is 32.2. The van der Waals surface area contributed by atoms with Crippen LogP contribution in [-0.4, -0.2) is 41.9 Å². The van der Waals surface area contributed by atoms with E-state index in [9.17, 15) is 13.9 Å². The third-order valence-electron chi connectivity index (χ3n) is 2.41. The normalized spacial score (nSPS) is 11.3. The Morgan fingerprint density at radius 2 is 1.89 bits per heavy atom. The molecule has 2 N–H and O–H groups in total. The van der Waals surface area contributed by atoms with Gasteiger partial charge in [-0.3, -0.25) is 0 Å². The molecular weight excluding hydrogens is 258 g/mol. The second-order valence-electron chi connectivity index (χ2n) is 3.54. The van der Waals surface area contributed by atoms with Crippen molar-refractivity contribution in [2.75, 3.05) is 24.6 Å². The SMILES string of the molecule is CCN(CCO)c1ccc([N+](=[N-])S(=O)(=O)O)cc1. The molecule has 0 saturated heterocycles. The Bertz CT molecular complexity index is 512. The zero-order valence-electron chi connectivity index (χ0n) is 9.89. The van der Waals surface area contributed by atoms with Crippen LogP contribution in [0.2, 0.25) is 0 Å². The molecule has 100 valence electrons. The monoisotopic (exact) mass is 273 g/mol. The number of rotatable bonds is 6. The molecule has 0 unspecified atom stereocenters. The van der Waals surface area contributed by atoms with Crippen molar-refractivity contribution in [3.05, 3.63) is 29.8 Å². The van der Waals surface area contributed by atoms with Gasteiger partial charge < -0.3 is 15.5 Å². The summed E-state index contributed by atoms with van der Waals surface area (Å²) in [5.74, 6) is 0. The van der Waals surface area contributed by atoms with Crippen LogP contribution in [0.5, 0.6) is 0 Å². The molecule has 1 rings (SSSR count). The van der Waals surface area contributed by atoms with E-state index in [0.29, 0.717) is 13.1 Å². The van der Waals surface area contributed by atoms with Crippen LogP contribution in [-0.2, 0) is 10.3 Å². The number of hydrogen-bond donors (Lipinski definition) is 2. The lowest BCUT2D eigenvalue weighted by molar-refractivity contribution is -0.298. The Labute approximate surface area is 106 Å². The van der Waals surface area contributed by atoms with Crippen molar-refractivity contribution in [3.8, 4) is 0 Å². The highest BCUT2D eigenvalue weighted by molar-refractivity contribution is 7.79. The highest BCUT2D eigenvalue weighted by Crippen LogP contribution is 2.20. The minimum absolute atomic E-state index is 0.00668. The Hall–Kier alpha value is -1.51. The van der Waals surface area contributed by atoms with Crippen LogP contribution in [0.4, 0.5) is 11.4 Å². The zero-order valence-corrected chi connectivity index (χ0v) is 10.7. The summed E-state index contributed by atoms with van der Waals surface area (Å²) >= 11 is 0. The van der Waals surface area contributed by atoms with Crippen molar-refractivity contribution in [3.63, 3.8) is 0 Å². The van der Waals surface area contributed by atoms with Crippen LogP contribution in [0.1, 0.15) is 6.92 Å². The topological polar surface area (TPSA) is 103 Å². The van der Waals surface area contributed by atoms with Crippen molar-refractivity contribution in [1.82, 2.24) is 0 Å². The summed E-state index contributed by atoms with van der Waals surface area (Å²) in [6, 6.07) is 5.87. The molecule has 0 heterocycles. The van der Waals surface area contributed by atoms with Gasteiger partial charge in [0, 0.05) is 30.9 Å². The molecule has 0 aliphatic heterocycles. The molecule has 0 bridgehead atoms. The highest BCUT2D eigenvalue weighted by Gasteiger charge is 2.17. The number of hydrogen-bond acceptors (Lipinski definition) is 4. The van der Waals surface area contributed by atoms with E-state index in [4.69, 9.17) is 9.66 Å². The molecule has 0 aliphatic rings. The second kappa shape index (κ2) is 5.89. The van der Waals surface area contributed by atoms with Gasteiger partial charge in [-0.2, -0.15) is 0 Å². The van der Waals surface area contributed by atoms with Crippen molar-refractivity contribution in [1.29, 1.82) is 0 Å². The van der Waals surface area contributed by atoms with Gasteiger partial charge in [-0.15, -0.1) is 12.5 Å². The van der Waals surface area contributed by atoms with Crippen molar-refractivity contribution in [2.24, 2.45) is 0 Å². The molecule has 8 heteroatoms. The summed E-state index contributed by atoms with van der Waals surface area (Å²) in [6.45, 7) is 3.06. The number of aliphatic hydroxyl groups is 1. The summed E-state index contributed by atoms with van der Waals surface area (Å²) in [5, 5.41) is 8.88. The minimum atomic E-state index is -4.67. The summed E-state index contributed by atoms with van der Waals surface area (Å²) in [5.41, 5.74) is 9.90.